The number of aliphatic carboxylic acids is 1. The first-order valence-electron chi connectivity index (χ1n) is 5.90. The second-order valence-corrected chi connectivity index (χ2v) is 4.14. The van der Waals surface area contributed by atoms with E-state index in [0.717, 1.165) is 32.7 Å². The molecule has 5 heteroatoms. The van der Waals surface area contributed by atoms with Crippen molar-refractivity contribution in [3.8, 4) is 0 Å². The summed E-state index contributed by atoms with van der Waals surface area (Å²) in [6, 6.07) is 0.000372. The molecule has 0 amide bonds. The second kappa shape index (κ2) is 6.83. The molecule has 0 aromatic carbocycles. The molecule has 5 nitrogen and oxygen atoms in total. The van der Waals surface area contributed by atoms with Gasteiger partial charge in [-0.2, -0.15) is 0 Å². The highest BCUT2D eigenvalue weighted by atomic mass is 16.5. The van der Waals surface area contributed by atoms with Gasteiger partial charge in [-0.3, -0.25) is 9.69 Å². The van der Waals surface area contributed by atoms with Crippen LogP contribution in [-0.2, 0) is 9.53 Å². The first kappa shape index (κ1) is 13.4. The van der Waals surface area contributed by atoms with Crippen LogP contribution in [0.15, 0.2) is 0 Å². The third-order valence-corrected chi connectivity index (χ3v) is 3.17. The maximum absolute atomic E-state index is 10.8. The molecule has 1 heterocycles. The summed E-state index contributed by atoms with van der Waals surface area (Å²) in [5.41, 5.74) is 0. The average molecular weight is 230 g/mol. The van der Waals surface area contributed by atoms with Crippen LogP contribution in [0.2, 0.25) is 0 Å². The van der Waals surface area contributed by atoms with Gasteiger partial charge in [-0.25, -0.2) is 0 Å². The predicted octanol–water partition coefficient (Wildman–Crippen LogP) is 0.160. The third-order valence-electron chi connectivity index (χ3n) is 3.17. The zero-order chi connectivity index (χ0) is 12.0. The fourth-order valence-corrected chi connectivity index (χ4v) is 2.05. The number of likely N-dealkylation sites (N-methyl/N-ethyl adjacent to an activating group) is 1. The molecule has 1 fully saturated rings. The van der Waals surface area contributed by atoms with Crippen LogP contribution in [0, 0.1) is 0 Å². The van der Waals surface area contributed by atoms with Crippen molar-refractivity contribution in [2.45, 2.75) is 31.8 Å². The monoisotopic (exact) mass is 230 g/mol. The SMILES string of the molecule is CCC1COCCN1CCC(NC)C(=O)O. The molecule has 1 saturated heterocycles. The van der Waals surface area contributed by atoms with Gasteiger partial charge in [0.25, 0.3) is 0 Å². The highest BCUT2D eigenvalue weighted by Crippen LogP contribution is 2.11. The summed E-state index contributed by atoms with van der Waals surface area (Å²) < 4.78 is 5.41. The number of nitrogens with zero attached hydrogens (tertiary/aromatic N) is 1. The number of carbonyl (C=O) groups is 1. The van der Waals surface area contributed by atoms with E-state index in [0.29, 0.717) is 12.5 Å². The summed E-state index contributed by atoms with van der Waals surface area (Å²) in [6.07, 6.45) is 1.69. The highest BCUT2D eigenvalue weighted by molar-refractivity contribution is 5.73. The minimum absolute atomic E-state index is 0.444. The standard InChI is InChI=1S/C11H22N2O3/c1-3-9-8-16-7-6-13(9)5-4-10(12-2)11(14)15/h9-10,12H,3-8H2,1-2H3,(H,14,15). The van der Waals surface area contributed by atoms with Crippen molar-refractivity contribution in [1.82, 2.24) is 10.2 Å². The minimum Gasteiger partial charge on any atom is -0.480 e. The Morgan fingerprint density at radius 2 is 2.44 bits per heavy atom. The molecule has 2 N–H and O–H groups in total. The zero-order valence-electron chi connectivity index (χ0n) is 10.1. The van der Waals surface area contributed by atoms with E-state index in [1.54, 1.807) is 7.05 Å². The molecule has 0 aliphatic carbocycles. The third kappa shape index (κ3) is 3.73. The van der Waals surface area contributed by atoms with Crippen LogP contribution in [0.3, 0.4) is 0 Å². The van der Waals surface area contributed by atoms with E-state index in [1.165, 1.54) is 0 Å². The number of nitrogens with one attached hydrogen (secondary N) is 1. The van der Waals surface area contributed by atoms with Gasteiger partial charge in [-0.15, -0.1) is 0 Å². The van der Waals surface area contributed by atoms with E-state index in [1.807, 2.05) is 0 Å². The summed E-state index contributed by atoms with van der Waals surface area (Å²) in [6.45, 7) is 5.40. The zero-order valence-corrected chi connectivity index (χ0v) is 10.1. The summed E-state index contributed by atoms with van der Waals surface area (Å²) in [5.74, 6) is -0.774. The van der Waals surface area contributed by atoms with E-state index in [-0.39, 0.29) is 0 Å². The number of carboxylic acid groups (broad SMARTS) is 1. The van der Waals surface area contributed by atoms with Gasteiger partial charge < -0.3 is 15.2 Å². The lowest BCUT2D eigenvalue weighted by Crippen LogP contribution is -2.47. The minimum atomic E-state index is -0.774. The van der Waals surface area contributed by atoms with Gasteiger partial charge in [0.05, 0.1) is 13.2 Å². The Bertz CT molecular complexity index is 223. The van der Waals surface area contributed by atoms with Crippen LogP contribution < -0.4 is 5.32 Å². The summed E-state index contributed by atoms with van der Waals surface area (Å²) in [7, 11) is 1.69. The Labute approximate surface area is 96.8 Å². The van der Waals surface area contributed by atoms with Gasteiger partial charge in [-0.1, -0.05) is 6.92 Å². The largest absolute Gasteiger partial charge is 0.480 e. The van der Waals surface area contributed by atoms with Crippen LogP contribution in [0.4, 0.5) is 0 Å². The fourth-order valence-electron chi connectivity index (χ4n) is 2.05. The maximum atomic E-state index is 10.8. The topological polar surface area (TPSA) is 61.8 Å². The van der Waals surface area contributed by atoms with Crippen molar-refractivity contribution in [1.29, 1.82) is 0 Å². The van der Waals surface area contributed by atoms with E-state index in [2.05, 4.69) is 17.1 Å². The van der Waals surface area contributed by atoms with Crippen molar-refractivity contribution in [3.63, 3.8) is 0 Å². The molecule has 1 aliphatic rings. The molecule has 0 radical (unpaired) electrons. The van der Waals surface area contributed by atoms with Gasteiger partial charge >= 0.3 is 5.97 Å². The Hall–Kier alpha value is -0.650. The van der Waals surface area contributed by atoms with Crippen molar-refractivity contribution in [2.75, 3.05) is 33.4 Å². The molecule has 0 bridgehead atoms. The van der Waals surface area contributed by atoms with Crippen LogP contribution in [0.1, 0.15) is 19.8 Å². The van der Waals surface area contributed by atoms with Gasteiger partial charge in [0, 0.05) is 19.1 Å². The Balaban J connectivity index is 2.36. The molecular formula is C11H22N2O3. The van der Waals surface area contributed by atoms with Crippen molar-refractivity contribution >= 4 is 5.97 Å². The molecule has 1 aliphatic heterocycles. The quantitative estimate of drug-likeness (QED) is 0.680. The van der Waals surface area contributed by atoms with Crippen LogP contribution >= 0.6 is 0 Å². The number of morpholine rings is 1. The maximum Gasteiger partial charge on any atom is 0.320 e. The van der Waals surface area contributed by atoms with Crippen molar-refractivity contribution in [2.24, 2.45) is 0 Å². The van der Waals surface area contributed by atoms with E-state index in [9.17, 15) is 4.79 Å². The number of rotatable bonds is 6. The van der Waals surface area contributed by atoms with Crippen LogP contribution in [-0.4, -0.2) is 61.4 Å². The number of carboxylic acids is 1. The molecule has 0 aromatic heterocycles. The molecule has 1 rings (SSSR count). The van der Waals surface area contributed by atoms with Crippen LogP contribution in [0.5, 0.6) is 0 Å². The summed E-state index contributed by atoms with van der Waals surface area (Å²) in [5, 5.41) is 11.7. The molecule has 0 aromatic rings. The summed E-state index contributed by atoms with van der Waals surface area (Å²) in [4.78, 5) is 13.2. The molecule has 0 spiro atoms. The number of hydrogen-bond acceptors (Lipinski definition) is 4. The van der Waals surface area contributed by atoms with Gasteiger partial charge in [-0.05, 0) is 19.9 Å². The lowest BCUT2D eigenvalue weighted by molar-refractivity contribution is -0.139. The van der Waals surface area contributed by atoms with Crippen molar-refractivity contribution in [3.05, 3.63) is 0 Å². The summed E-state index contributed by atoms with van der Waals surface area (Å²) >= 11 is 0. The Morgan fingerprint density at radius 3 is 3.00 bits per heavy atom. The number of ether oxygens (including phenoxy) is 1. The first-order valence-corrected chi connectivity index (χ1v) is 5.90. The molecule has 0 saturated carbocycles. The molecule has 2 unspecified atom stereocenters. The molecule has 94 valence electrons. The number of hydrogen-bond donors (Lipinski definition) is 2. The van der Waals surface area contributed by atoms with E-state index < -0.39 is 12.0 Å². The average Bonchev–Trinajstić information content (AvgIpc) is 2.30. The lowest BCUT2D eigenvalue weighted by atomic mass is 10.1. The van der Waals surface area contributed by atoms with Crippen LogP contribution in [0.25, 0.3) is 0 Å². The Kier molecular flexibility index (Phi) is 5.73. The molecular weight excluding hydrogens is 208 g/mol. The van der Waals surface area contributed by atoms with Gasteiger partial charge in [0.1, 0.15) is 6.04 Å². The smallest absolute Gasteiger partial charge is 0.320 e. The van der Waals surface area contributed by atoms with E-state index in [4.69, 9.17) is 9.84 Å². The Morgan fingerprint density at radius 1 is 1.69 bits per heavy atom. The van der Waals surface area contributed by atoms with Gasteiger partial charge in [0.2, 0.25) is 0 Å². The lowest BCUT2D eigenvalue weighted by Gasteiger charge is -2.35. The first-order chi connectivity index (χ1) is 7.69. The molecule has 2 atom stereocenters. The normalized spacial score (nSPS) is 24.2. The highest BCUT2D eigenvalue weighted by Gasteiger charge is 2.23. The van der Waals surface area contributed by atoms with Gasteiger partial charge in [0.15, 0.2) is 0 Å². The van der Waals surface area contributed by atoms with E-state index >= 15 is 0 Å². The fraction of sp³-hybridized carbons (Fsp3) is 0.909. The van der Waals surface area contributed by atoms with Crippen molar-refractivity contribution < 1.29 is 14.6 Å². The molecule has 16 heavy (non-hydrogen) atoms. The predicted molar refractivity (Wildman–Crippen MR) is 61.6 cm³/mol. The second-order valence-electron chi connectivity index (χ2n) is 4.14.